The topological polar surface area (TPSA) is 32.0 Å². The smallest absolute Gasteiger partial charge is 0.157 e. The molecule has 0 saturated heterocycles. The first-order valence-corrected chi connectivity index (χ1v) is 14.0. The molecule has 0 aliphatic heterocycles. The van der Waals surface area contributed by atoms with E-state index in [-0.39, 0.29) is 0 Å². The molecular formula is C37H27N3O. The lowest BCUT2D eigenvalue weighted by Crippen LogP contribution is -2.02. The van der Waals surface area contributed by atoms with Gasteiger partial charge in [0.15, 0.2) is 5.75 Å². The Bertz CT molecular complexity index is 2110. The largest absolute Gasteiger partial charge is 0.455 e. The molecule has 4 nitrogen and oxygen atoms in total. The first kappa shape index (κ1) is 23.5. The molecule has 0 fully saturated rings. The normalized spacial score (nSPS) is 11.6. The summed E-state index contributed by atoms with van der Waals surface area (Å²) in [5, 5.41) is 4.94. The van der Waals surface area contributed by atoms with Crippen LogP contribution < -0.4 is 4.74 Å². The fourth-order valence-electron chi connectivity index (χ4n) is 6.17. The minimum absolute atomic E-state index is 0.789. The lowest BCUT2D eigenvalue weighted by Gasteiger charge is -2.17. The molecular weight excluding hydrogens is 502 g/mol. The van der Waals surface area contributed by atoms with Crippen molar-refractivity contribution in [2.75, 3.05) is 0 Å². The number of ether oxygens (including phenoxy) is 1. The molecule has 3 aromatic heterocycles. The number of hydrogen-bond donors (Lipinski definition) is 0. The minimum Gasteiger partial charge on any atom is -0.455 e. The van der Waals surface area contributed by atoms with Crippen molar-refractivity contribution in [3.8, 4) is 22.9 Å². The molecule has 0 saturated carbocycles. The van der Waals surface area contributed by atoms with Crippen molar-refractivity contribution in [1.82, 2.24) is 14.1 Å². The Morgan fingerprint density at radius 2 is 1.00 bits per heavy atom. The van der Waals surface area contributed by atoms with E-state index in [1.54, 1.807) is 0 Å². The lowest BCUT2D eigenvalue weighted by molar-refractivity contribution is 0.474. The number of nitrogens with zero attached hydrogens (tertiary/aromatic N) is 3. The standard InChI is InChI=1S/C37H27N3O/c1-2-25-23-38-24-36(40-34-17-9-5-13-30(34)31-14-6-10-18-35(31)40)37(25)41-27-21-19-26(20-22-27)39-32-15-7-3-11-28(32)29-12-4-8-16-33(29)39/h3-24H,2H2,1H3. The molecule has 0 unspecified atom stereocenters. The Hall–Kier alpha value is -5.35. The number of hydrogen-bond acceptors (Lipinski definition) is 2. The van der Waals surface area contributed by atoms with Crippen LogP contribution in [0.4, 0.5) is 0 Å². The quantitative estimate of drug-likeness (QED) is 0.222. The summed E-state index contributed by atoms with van der Waals surface area (Å²) >= 11 is 0. The summed E-state index contributed by atoms with van der Waals surface area (Å²) in [5.74, 6) is 1.62. The maximum absolute atomic E-state index is 6.73. The fourth-order valence-corrected chi connectivity index (χ4v) is 6.17. The highest BCUT2D eigenvalue weighted by molar-refractivity contribution is 6.10. The Morgan fingerprint density at radius 1 is 0.537 bits per heavy atom. The number of benzene rings is 5. The van der Waals surface area contributed by atoms with Gasteiger partial charge in [-0.1, -0.05) is 79.7 Å². The van der Waals surface area contributed by atoms with Gasteiger partial charge in [-0.3, -0.25) is 4.98 Å². The monoisotopic (exact) mass is 529 g/mol. The number of pyridine rings is 1. The van der Waals surface area contributed by atoms with E-state index in [1.807, 2.05) is 12.4 Å². The SMILES string of the molecule is CCc1cncc(-n2c3ccccc3c3ccccc32)c1Oc1ccc(-n2c3ccccc3c3ccccc32)cc1. The zero-order chi connectivity index (χ0) is 27.3. The highest BCUT2D eigenvalue weighted by Gasteiger charge is 2.19. The average Bonchev–Trinajstić information content (AvgIpc) is 3.55. The molecule has 8 rings (SSSR count). The number of aryl methyl sites for hydroxylation is 1. The Kier molecular flexibility index (Phi) is 5.39. The Labute approximate surface area is 237 Å². The molecule has 0 N–H and O–H groups in total. The molecule has 0 bridgehead atoms. The molecule has 0 amide bonds. The summed E-state index contributed by atoms with van der Waals surface area (Å²) in [5.41, 5.74) is 7.76. The second-order valence-corrected chi connectivity index (χ2v) is 10.3. The van der Waals surface area contributed by atoms with Gasteiger partial charge in [-0.25, -0.2) is 0 Å². The van der Waals surface area contributed by atoms with E-state index in [0.717, 1.165) is 45.9 Å². The van der Waals surface area contributed by atoms with E-state index in [0.29, 0.717) is 0 Å². The van der Waals surface area contributed by atoms with Crippen LogP contribution in [0.15, 0.2) is 134 Å². The fraction of sp³-hybridized carbons (Fsp3) is 0.0541. The summed E-state index contributed by atoms with van der Waals surface area (Å²) < 4.78 is 11.3. The molecule has 0 spiro atoms. The second kappa shape index (κ2) is 9.39. The molecule has 0 aliphatic carbocycles. The van der Waals surface area contributed by atoms with Gasteiger partial charge in [-0.05, 0) is 55.0 Å². The van der Waals surface area contributed by atoms with Crippen LogP contribution in [0.3, 0.4) is 0 Å². The highest BCUT2D eigenvalue weighted by Crippen LogP contribution is 2.39. The summed E-state index contributed by atoms with van der Waals surface area (Å²) in [4.78, 5) is 4.63. The van der Waals surface area contributed by atoms with E-state index < -0.39 is 0 Å². The Balaban J connectivity index is 1.26. The van der Waals surface area contributed by atoms with Gasteiger partial charge < -0.3 is 13.9 Å². The maximum atomic E-state index is 6.73. The summed E-state index contributed by atoms with van der Waals surface area (Å²) in [6.07, 6.45) is 4.64. The summed E-state index contributed by atoms with van der Waals surface area (Å²) in [7, 11) is 0. The number of para-hydroxylation sites is 4. The zero-order valence-corrected chi connectivity index (χ0v) is 22.7. The zero-order valence-electron chi connectivity index (χ0n) is 22.7. The van der Waals surface area contributed by atoms with Crippen molar-refractivity contribution in [3.63, 3.8) is 0 Å². The maximum Gasteiger partial charge on any atom is 0.157 e. The van der Waals surface area contributed by atoms with Gasteiger partial charge in [0, 0.05) is 39.0 Å². The van der Waals surface area contributed by atoms with Gasteiger partial charge in [0.05, 0.1) is 28.3 Å². The van der Waals surface area contributed by atoms with Crippen LogP contribution in [0.2, 0.25) is 0 Å². The molecule has 0 aliphatic rings. The van der Waals surface area contributed by atoms with Gasteiger partial charge in [-0.2, -0.15) is 0 Å². The van der Waals surface area contributed by atoms with Crippen LogP contribution in [0.1, 0.15) is 12.5 Å². The van der Waals surface area contributed by atoms with Crippen molar-refractivity contribution in [3.05, 3.63) is 139 Å². The van der Waals surface area contributed by atoms with Gasteiger partial charge >= 0.3 is 0 Å². The third kappa shape index (κ3) is 3.65. The van der Waals surface area contributed by atoms with Crippen molar-refractivity contribution in [2.45, 2.75) is 13.3 Å². The number of rotatable bonds is 5. The van der Waals surface area contributed by atoms with Crippen LogP contribution >= 0.6 is 0 Å². The molecule has 196 valence electrons. The predicted octanol–water partition coefficient (Wildman–Crippen LogP) is 9.63. The highest BCUT2D eigenvalue weighted by atomic mass is 16.5. The molecule has 0 radical (unpaired) electrons. The molecule has 41 heavy (non-hydrogen) atoms. The lowest BCUT2D eigenvalue weighted by atomic mass is 10.2. The van der Waals surface area contributed by atoms with E-state index in [1.165, 1.54) is 32.6 Å². The van der Waals surface area contributed by atoms with E-state index >= 15 is 0 Å². The van der Waals surface area contributed by atoms with Crippen LogP contribution in [0.5, 0.6) is 11.5 Å². The molecule has 5 aromatic carbocycles. The van der Waals surface area contributed by atoms with E-state index in [9.17, 15) is 0 Å². The van der Waals surface area contributed by atoms with Gasteiger partial charge in [0.1, 0.15) is 11.4 Å². The molecule has 4 heteroatoms. The average molecular weight is 530 g/mol. The van der Waals surface area contributed by atoms with E-state index in [2.05, 4.69) is 142 Å². The van der Waals surface area contributed by atoms with Gasteiger partial charge in [-0.15, -0.1) is 0 Å². The van der Waals surface area contributed by atoms with Crippen LogP contribution in [0.25, 0.3) is 55.0 Å². The first-order valence-electron chi connectivity index (χ1n) is 14.0. The Morgan fingerprint density at radius 3 is 1.49 bits per heavy atom. The first-order chi connectivity index (χ1) is 20.3. The summed E-state index contributed by atoms with van der Waals surface area (Å²) in [6, 6.07) is 42.6. The summed E-state index contributed by atoms with van der Waals surface area (Å²) in [6.45, 7) is 2.14. The van der Waals surface area contributed by atoms with Crippen molar-refractivity contribution in [2.24, 2.45) is 0 Å². The third-order valence-corrected chi connectivity index (χ3v) is 8.05. The van der Waals surface area contributed by atoms with Crippen LogP contribution in [-0.2, 0) is 6.42 Å². The van der Waals surface area contributed by atoms with Crippen molar-refractivity contribution >= 4 is 43.6 Å². The van der Waals surface area contributed by atoms with Gasteiger partial charge in [0.2, 0.25) is 0 Å². The predicted molar refractivity (Wildman–Crippen MR) is 169 cm³/mol. The number of fused-ring (bicyclic) bond motifs is 6. The molecule has 8 aromatic rings. The van der Waals surface area contributed by atoms with Crippen LogP contribution in [0, 0.1) is 0 Å². The molecule has 3 heterocycles. The second-order valence-electron chi connectivity index (χ2n) is 10.3. The minimum atomic E-state index is 0.789. The molecule has 0 atom stereocenters. The van der Waals surface area contributed by atoms with Crippen molar-refractivity contribution < 1.29 is 4.74 Å². The van der Waals surface area contributed by atoms with Gasteiger partial charge in [0.25, 0.3) is 0 Å². The number of aromatic nitrogens is 3. The third-order valence-electron chi connectivity index (χ3n) is 8.05. The van der Waals surface area contributed by atoms with E-state index in [4.69, 9.17) is 4.74 Å². The van der Waals surface area contributed by atoms with Crippen LogP contribution in [-0.4, -0.2) is 14.1 Å². The van der Waals surface area contributed by atoms with Crippen molar-refractivity contribution in [1.29, 1.82) is 0 Å².